The molecule has 2 nitrogen and oxygen atoms in total. The highest BCUT2D eigenvalue weighted by Gasteiger charge is 2.31. The van der Waals surface area contributed by atoms with Crippen molar-refractivity contribution in [3.05, 3.63) is 88.3 Å². The molecule has 6 heteroatoms. The van der Waals surface area contributed by atoms with Crippen LogP contribution in [0.25, 0.3) is 33.2 Å². The second kappa shape index (κ2) is 6.20. The molecular weight excluding hydrogens is 476 g/mol. The third-order valence-electron chi connectivity index (χ3n) is 4.96. The van der Waals surface area contributed by atoms with Crippen molar-refractivity contribution in [1.29, 1.82) is 0 Å². The van der Waals surface area contributed by atoms with Gasteiger partial charge in [-0.25, -0.2) is 4.40 Å². The SMILES string of the molecule is FC(F)(F)c1ccc(-c2c(I)c3ccccc3c3c[n+]4ccccc4n23)cc1. The van der Waals surface area contributed by atoms with Gasteiger partial charge in [-0.1, -0.05) is 36.4 Å². The molecule has 0 saturated heterocycles. The first-order chi connectivity index (χ1) is 13.4. The van der Waals surface area contributed by atoms with Crippen LogP contribution in [-0.2, 0) is 6.18 Å². The maximum Gasteiger partial charge on any atom is 0.416 e. The molecule has 0 aliphatic rings. The largest absolute Gasteiger partial charge is 0.416 e. The van der Waals surface area contributed by atoms with Crippen LogP contribution in [0.4, 0.5) is 13.2 Å². The number of nitrogens with zero attached hydrogens (tertiary/aromatic N) is 2. The van der Waals surface area contributed by atoms with E-state index in [0.29, 0.717) is 0 Å². The number of rotatable bonds is 1. The van der Waals surface area contributed by atoms with Crippen LogP contribution in [0.1, 0.15) is 5.56 Å². The molecule has 0 amide bonds. The van der Waals surface area contributed by atoms with Crippen molar-refractivity contribution in [2.24, 2.45) is 0 Å². The molecule has 0 N–H and O–H groups in total. The Morgan fingerprint density at radius 3 is 2.21 bits per heavy atom. The van der Waals surface area contributed by atoms with E-state index in [1.54, 1.807) is 12.1 Å². The summed E-state index contributed by atoms with van der Waals surface area (Å²) in [7, 11) is 0. The highest BCUT2D eigenvalue weighted by atomic mass is 127. The van der Waals surface area contributed by atoms with E-state index in [0.717, 1.165) is 48.9 Å². The zero-order chi connectivity index (χ0) is 19.5. The van der Waals surface area contributed by atoms with Gasteiger partial charge in [0, 0.05) is 22.4 Å². The molecule has 5 rings (SSSR count). The smallest absolute Gasteiger partial charge is 0.202 e. The van der Waals surface area contributed by atoms with E-state index in [2.05, 4.69) is 39.3 Å². The van der Waals surface area contributed by atoms with Gasteiger partial charge in [0.15, 0.2) is 11.2 Å². The van der Waals surface area contributed by atoms with Crippen molar-refractivity contribution in [1.82, 2.24) is 4.40 Å². The van der Waals surface area contributed by atoms with Gasteiger partial charge in [0.05, 0.1) is 15.3 Å². The van der Waals surface area contributed by atoms with Crippen molar-refractivity contribution in [2.45, 2.75) is 6.18 Å². The van der Waals surface area contributed by atoms with Gasteiger partial charge < -0.3 is 0 Å². The summed E-state index contributed by atoms with van der Waals surface area (Å²) in [6, 6.07) is 19.4. The summed E-state index contributed by atoms with van der Waals surface area (Å²) in [5, 5.41) is 2.18. The second-order valence-corrected chi connectivity index (χ2v) is 7.68. The fourth-order valence-corrected chi connectivity index (χ4v) is 4.70. The lowest BCUT2D eigenvalue weighted by Gasteiger charge is -2.10. The third-order valence-corrected chi connectivity index (χ3v) is 6.05. The van der Waals surface area contributed by atoms with Crippen LogP contribution in [0.5, 0.6) is 0 Å². The van der Waals surface area contributed by atoms with Crippen LogP contribution >= 0.6 is 22.6 Å². The molecule has 5 aromatic rings. The summed E-state index contributed by atoms with van der Waals surface area (Å²) in [6.45, 7) is 0. The lowest BCUT2D eigenvalue weighted by Crippen LogP contribution is -2.17. The maximum atomic E-state index is 13.0. The molecule has 0 aliphatic heterocycles. The molecule has 0 unspecified atom stereocenters. The molecule has 0 spiro atoms. The van der Waals surface area contributed by atoms with E-state index in [4.69, 9.17) is 0 Å². The average Bonchev–Trinajstić information content (AvgIpc) is 3.08. The summed E-state index contributed by atoms with van der Waals surface area (Å²) in [4.78, 5) is 0. The lowest BCUT2D eigenvalue weighted by atomic mass is 10.0. The molecule has 0 aliphatic carbocycles. The van der Waals surface area contributed by atoms with E-state index in [-0.39, 0.29) is 0 Å². The van der Waals surface area contributed by atoms with E-state index in [9.17, 15) is 13.2 Å². The molecule has 0 atom stereocenters. The number of fused-ring (bicyclic) bond motifs is 5. The minimum Gasteiger partial charge on any atom is -0.202 e. The number of aromatic nitrogens is 2. The first kappa shape index (κ1) is 17.5. The van der Waals surface area contributed by atoms with Gasteiger partial charge in [-0.3, -0.25) is 0 Å². The van der Waals surface area contributed by atoms with Crippen LogP contribution in [0.15, 0.2) is 79.1 Å². The van der Waals surface area contributed by atoms with Gasteiger partial charge in [0.25, 0.3) is 5.65 Å². The van der Waals surface area contributed by atoms with Crippen LogP contribution < -0.4 is 4.40 Å². The Labute approximate surface area is 172 Å². The number of hydrogen-bond donors (Lipinski definition) is 0. The molecule has 3 heterocycles. The summed E-state index contributed by atoms with van der Waals surface area (Å²) >= 11 is 2.29. The summed E-state index contributed by atoms with van der Waals surface area (Å²) < 4.78 is 44.2. The lowest BCUT2D eigenvalue weighted by molar-refractivity contribution is -0.509. The number of hydrogen-bond acceptors (Lipinski definition) is 0. The number of imidazole rings is 1. The van der Waals surface area contributed by atoms with Crippen molar-refractivity contribution < 1.29 is 17.6 Å². The average molecular weight is 489 g/mol. The van der Waals surface area contributed by atoms with E-state index in [1.807, 2.05) is 47.0 Å². The number of benzene rings is 2. The minimum absolute atomic E-state index is 0.643. The van der Waals surface area contributed by atoms with Crippen LogP contribution in [0.2, 0.25) is 0 Å². The number of pyridine rings is 2. The Morgan fingerprint density at radius 1 is 0.821 bits per heavy atom. The standard InChI is InChI=1S/C22H13F3IN2/c23-22(24,25)15-10-8-14(9-11-15)21-20(26)17-6-2-1-5-16(17)18-13-27-12-4-3-7-19(27)28(18)21/h1-13H/q+1. The van der Waals surface area contributed by atoms with Gasteiger partial charge >= 0.3 is 6.18 Å². The Morgan fingerprint density at radius 2 is 1.50 bits per heavy atom. The molecule has 0 radical (unpaired) electrons. The van der Waals surface area contributed by atoms with E-state index >= 15 is 0 Å². The van der Waals surface area contributed by atoms with Crippen LogP contribution in [0.3, 0.4) is 0 Å². The van der Waals surface area contributed by atoms with Gasteiger partial charge in [-0.2, -0.15) is 17.6 Å². The minimum atomic E-state index is -4.35. The normalized spacial score (nSPS) is 12.3. The van der Waals surface area contributed by atoms with Crippen molar-refractivity contribution >= 4 is 44.5 Å². The Hall–Kier alpha value is -2.61. The maximum absolute atomic E-state index is 13.0. The fraction of sp³-hybridized carbons (Fsp3) is 0.0455. The predicted octanol–water partition coefficient (Wildman–Crippen LogP) is 6.12. The van der Waals surface area contributed by atoms with E-state index in [1.165, 1.54) is 0 Å². The van der Waals surface area contributed by atoms with Gasteiger partial charge in [-0.15, -0.1) is 0 Å². The van der Waals surface area contributed by atoms with Crippen LogP contribution in [0, 0.1) is 3.57 Å². The molecule has 0 bridgehead atoms. The molecule has 138 valence electrons. The topological polar surface area (TPSA) is 8.51 Å². The highest BCUT2D eigenvalue weighted by Crippen LogP contribution is 2.36. The monoisotopic (exact) mass is 489 g/mol. The number of alkyl halides is 3. The van der Waals surface area contributed by atoms with Gasteiger partial charge in [-0.05, 0) is 46.9 Å². The zero-order valence-corrected chi connectivity index (χ0v) is 16.6. The second-order valence-electron chi connectivity index (χ2n) is 6.60. The van der Waals surface area contributed by atoms with Crippen molar-refractivity contribution in [3.63, 3.8) is 0 Å². The third kappa shape index (κ3) is 2.58. The summed E-state index contributed by atoms with van der Waals surface area (Å²) in [5.41, 5.74) is 2.95. The molecular formula is C22H13F3IN2+. The van der Waals surface area contributed by atoms with Crippen molar-refractivity contribution in [2.75, 3.05) is 0 Å². The fourth-order valence-electron chi connectivity index (χ4n) is 3.68. The van der Waals surface area contributed by atoms with E-state index < -0.39 is 11.7 Å². The number of halogens is 4. The van der Waals surface area contributed by atoms with Crippen LogP contribution in [-0.4, -0.2) is 4.40 Å². The molecule has 0 fully saturated rings. The Bertz CT molecular complexity index is 1350. The Balaban J connectivity index is 1.93. The summed E-state index contributed by atoms with van der Waals surface area (Å²) in [6.07, 6.45) is -0.317. The van der Waals surface area contributed by atoms with Gasteiger partial charge in [0.2, 0.25) is 0 Å². The summed E-state index contributed by atoms with van der Waals surface area (Å²) in [5.74, 6) is 0. The molecule has 3 aromatic heterocycles. The molecule has 0 saturated carbocycles. The highest BCUT2D eigenvalue weighted by molar-refractivity contribution is 14.1. The Kier molecular flexibility index (Phi) is 3.87. The zero-order valence-electron chi connectivity index (χ0n) is 14.4. The van der Waals surface area contributed by atoms with Gasteiger partial charge in [0.1, 0.15) is 6.20 Å². The van der Waals surface area contributed by atoms with Crippen molar-refractivity contribution in [3.8, 4) is 11.3 Å². The quantitative estimate of drug-likeness (QED) is 0.198. The first-order valence-electron chi connectivity index (χ1n) is 8.64. The predicted molar refractivity (Wildman–Crippen MR) is 111 cm³/mol. The first-order valence-corrected chi connectivity index (χ1v) is 9.72. The molecule has 2 aromatic carbocycles. The molecule has 28 heavy (non-hydrogen) atoms.